The van der Waals surface area contributed by atoms with Crippen LogP contribution in [0.1, 0.15) is 41.5 Å². The summed E-state index contributed by atoms with van der Waals surface area (Å²) < 4.78 is 22.2. The van der Waals surface area contributed by atoms with Crippen molar-refractivity contribution in [3.05, 3.63) is 47.7 Å². The first-order valence-corrected chi connectivity index (χ1v) is 9.29. The highest BCUT2D eigenvalue weighted by molar-refractivity contribution is 7.86. The van der Waals surface area contributed by atoms with Gasteiger partial charge in [-0.15, -0.1) is 0 Å². The minimum absolute atomic E-state index is 0.146. The number of pyridine rings is 1. The molecule has 1 N–H and O–H groups in total. The molecule has 1 amide bonds. The third-order valence-corrected chi connectivity index (χ3v) is 5.43. The largest absolute Gasteiger partial charge is 0.495 e. The maximum absolute atomic E-state index is 12.9. The number of ether oxygens (including phenoxy) is 2. The third kappa shape index (κ3) is 4.51. The van der Waals surface area contributed by atoms with E-state index in [1.54, 1.807) is 39.0 Å². The number of methoxy groups -OCH3 is 2. The Balaban J connectivity index is 2.48. The van der Waals surface area contributed by atoms with E-state index in [1.165, 1.54) is 32.5 Å². The molecule has 27 heavy (non-hydrogen) atoms. The number of hydrogen-bond acceptors (Lipinski definition) is 6. The predicted molar refractivity (Wildman–Crippen MR) is 103 cm³/mol. The van der Waals surface area contributed by atoms with Crippen molar-refractivity contribution >= 4 is 28.4 Å². The van der Waals surface area contributed by atoms with E-state index in [0.29, 0.717) is 5.75 Å². The lowest BCUT2D eigenvalue weighted by molar-refractivity contribution is 0.0601. The zero-order valence-electron chi connectivity index (χ0n) is 15.9. The lowest BCUT2D eigenvalue weighted by atomic mass is 10.1. The highest BCUT2D eigenvalue weighted by atomic mass is 32.2. The number of amides is 1. The number of benzene rings is 1. The van der Waals surface area contributed by atoms with Gasteiger partial charge in [0.25, 0.3) is 5.91 Å². The van der Waals surface area contributed by atoms with Gasteiger partial charge in [-0.1, -0.05) is 6.07 Å². The summed E-state index contributed by atoms with van der Waals surface area (Å²) >= 11 is 0. The Hall–Kier alpha value is -2.74. The highest BCUT2D eigenvalue weighted by Gasteiger charge is 2.28. The average Bonchev–Trinajstić information content (AvgIpc) is 2.66. The van der Waals surface area contributed by atoms with Crippen molar-refractivity contribution in [2.45, 2.75) is 30.5 Å². The van der Waals surface area contributed by atoms with Gasteiger partial charge in [0, 0.05) is 10.9 Å². The smallest absolute Gasteiger partial charge is 0.340 e. The molecule has 1 aromatic heterocycles. The van der Waals surface area contributed by atoms with Crippen LogP contribution in [0, 0.1) is 0 Å². The van der Waals surface area contributed by atoms with Crippen molar-refractivity contribution in [2.24, 2.45) is 0 Å². The van der Waals surface area contributed by atoms with E-state index >= 15 is 0 Å². The summed E-state index contributed by atoms with van der Waals surface area (Å²) in [6.07, 6.45) is 1.48. The topological polar surface area (TPSA) is 94.6 Å². The molecule has 1 atom stereocenters. The second-order valence-corrected chi connectivity index (χ2v) is 8.71. The number of rotatable bonds is 5. The number of hydrogen-bond donors (Lipinski definition) is 1. The first kappa shape index (κ1) is 20.6. The summed E-state index contributed by atoms with van der Waals surface area (Å²) in [4.78, 5) is 29.1. The Kier molecular flexibility index (Phi) is 6.32. The number of para-hydroxylation sites is 1. The van der Waals surface area contributed by atoms with Crippen LogP contribution in [-0.4, -0.2) is 40.0 Å². The van der Waals surface area contributed by atoms with Crippen LogP contribution in [0.4, 0.5) is 5.69 Å². The SMILES string of the molecule is COC(=O)c1cccc(OC)c1NC(=O)c1cccnc1S(=O)C(C)(C)C. The van der Waals surface area contributed by atoms with Crippen LogP contribution in [0.15, 0.2) is 41.6 Å². The molecular weight excluding hydrogens is 368 g/mol. The molecule has 8 heteroatoms. The molecular formula is C19H22N2O5S. The quantitative estimate of drug-likeness (QED) is 0.789. The van der Waals surface area contributed by atoms with E-state index in [1.807, 2.05) is 0 Å². The van der Waals surface area contributed by atoms with E-state index in [9.17, 15) is 13.8 Å². The van der Waals surface area contributed by atoms with Crippen molar-refractivity contribution in [3.63, 3.8) is 0 Å². The van der Waals surface area contributed by atoms with Crippen LogP contribution in [-0.2, 0) is 15.5 Å². The van der Waals surface area contributed by atoms with Crippen molar-refractivity contribution in [2.75, 3.05) is 19.5 Å². The van der Waals surface area contributed by atoms with E-state index in [-0.39, 0.29) is 21.8 Å². The fraction of sp³-hybridized carbons (Fsp3) is 0.316. The van der Waals surface area contributed by atoms with Crippen LogP contribution >= 0.6 is 0 Å². The highest BCUT2D eigenvalue weighted by Crippen LogP contribution is 2.30. The molecule has 7 nitrogen and oxygen atoms in total. The Labute approximate surface area is 160 Å². The lowest BCUT2D eigenvalue weighted by Gasteiger charge is -2.19. The lowest BCUT2D eigenvalue weighted by Crippen LogP contribution is -2.26. The predicted octanol–water partition coefficient (Wildman–Crippen LogP) is 3.04. The number of aromatic nitrogens is 1. The summed E-state index contributed by atoms with van der Waals surface area (Å²) in [6.45, 7) is 5.40. The van der Waals surface area contributed by atoms with Gasteiger partial charge in [-0.3, -0.25) is 9.00 Å². The van der Waals surface area contributed by atoms with Gasteiger partial charge in [-0.25, -0.2) is 9.78 Å². The fourth-order valence-electron chi connectivity index (χ4n) is 2.29. The van der Waals surface area contributed by atoms with Gasteiger partial charge < -0.3 is 14.8 Å². The maximum Gasteiger partial charge on any atom is 0.340 e. The Morgan fingerprint density at radius 3 is 2.33 bits per heavy atom. The molecule has 1 aromatic carbocycles. The molecule has 2 rings (SSSR count). The minimum Gasteiger partial charge on any atom is -0.495 e. The fourth-order valence-corrected chi connectivity index (χ4v) is 3.39. The standard InChI is InChI=1S/C19H22N2O5S/c1-19(2,3)27(24)17-13(9-7-11-20-17)16(22)21-15-12(18(23)26-5)8-6-10-14(15)25-4/h6-11H,1-5H3,(H,21,22). The molecule has 0 bridgehead atoms. The number of esters is 1. The summed E-state index contributed by atoms with van der Waals surface area (Å²) in [6, 6.07) is 7.86. The van der Waals surface area contributed by atoms with Crippen molar-refractivity contribution in [3.8, 4) is 5.75 Å². The molecule has 2 aromatic rings. The second-order valence-electron chi connectivity index (χ2n) is 6.57. The van der Waals surface area contributed by atoms with Crippen LogP contribution in [0.3, 0.4) is 0 Å². The van der Waals surface area contributed by atoms with Gasteiger partial charge in [0.15, 0.2) is 0 Å². The summed E-state index contributed by atoms with van der Waals surface area (Å²) in [5.41, 5.74) is 0.480. The van der Waals surface area contributed by atoms with Crippen molar-refractivity contribution in [1.82, 2.24) is 4.98 Å². The van der Waals surface area contributed by atoms with Crippen molar-refractivity contribution in [1.29, 1.82) is 0 Å². The van der Waals surface area contributed by atoms with Crippen LogP contribution in [0.5, 0.6) is 5.75 Å². The Morgan fingerprint density at radius 1 is 1.07 bits per heavy atom. The molecule has 0 saturated heterocycles. The number of nitrogens with zero attached hydrogens (tertiary/aromatic N) is 1. The van der Waals surface area contributed by atoms with Gasteiger partial charge in [0.05, 0.1) is 41.8 Å². The number of nitrogens with one attached hydrogen (secondary N) is 1. The molecule has 144 valence electrons. The maximum atomic E-state index is 12.9. The zero-order valence-corrected chi connectivity index (χ0v) is 16.7. The number of carbonyl (C=O) groups is 2. The van der Waals surface area contributed by atoms with Crippen molar-refractivity contribution < 1.29 is 23.3 Å². The Bertz CT molecular complexity index is 890. The van der Waals surface area contributed by atoms with E-state index in [2.05, 4.69) is 10.3 Å². The number of carbonyl (C=O) groups excluding carboxylic acids is 2. The molecule has 0 saturated carbocycles. The first-order chi connectivity index (χ1) is 12.7. The van der Waals surface area contributed by atoms with Gasteiger partial charge in [-0.05, 0) is 45.0 Å². The van der Waals surface area contributed by atoms with Gasteiger partial charge >= 0.3 is 5.97 Å². The molecule has 0 fully saturated rings. The Morgan fingerprint density at radius 2 is 1.74 bits per heavy atom. The van der Waals surface area contributed by atoms with E-state index < -0.39 is 27.4 Å². The summed E-state index contributed by atoms with van der Waals surface area (Å²) in [5, 5.41) is 2.85. The van der Waals surface area contributed by atoms with Crippen LogP contribution < -0.4 is 10.1 Å². The third-order valence-electron chi connectivity index (χ3n) is 3.64. The van der Waals surface area contributed by atoms with E-state index in [0.717, 1.165) is 0 Å². The monoisotopic (exact) mass is 390 g/mol. The van der Waals surface area contributed by atoms with E-state index in [4.69, 9.17) is 9.47 Å². The molecule has 0 aliphatic heterocycles. The summed E-state index contributed by atoms with van der Waals surface area (Å²) in [5.74, 6) is -0.868. The van der Waals surface area contributed by atoms with Gasteiger partial charge in [0.2, 0.25) is 0 Å². The molecule has 1 heterocycles. The van der Waals surface area contributed by atoms with Gasteiger partial charge in [-0.2, -0.15) is 0 Å². The average molecular weight is 390 g/mol. The minimum atomic E-state index is -1.51. The molecule has 0 radical (unpaired) electrons. The first-order valence-electron chi connectivity index (χ1n) is 8.14. The molecule has 1 unspecified atom stereocenters. The molecule has 0 aliphatic carbocycles. The van der Waals surface area contributed by atoms with Crippen LogP contribution in [0.25, 0.3) is 0 Å². The molecule has 0 aliphatic rings. The second kappa shape index (κ2) is 8.30. The van der Waals surface area contributed by atoms with Crippen LogP contribution in [0.2, 0.25) is 0 Å². The van der Waals surface area contributed by atoms with Gasteiger partial charge in [0.1, 0.15) is 10.8 Å². The normalized spacial score (nSPS) is 12.2. The summed E-state index contributed by atoms with van der Waals surface area (Å²) in [7, 11) is 1.17. The molecule has 0 spiro atoms. The number of anilines is 1. The zero-order chi connectivity index (χ0) is 20.2.